The molecule has 0 aromatic heterocycles. The second kappa shape index (κ2) is 5.90. The number of rotatable bonds is 2. The van der Waals surface area contributed by atoms with Crippen molar-refractivity contribution in [2.45, 2.75) is 18.9 Å². The highest BCUT2D eigenvalue weighted by atomic mass is 79.9. The number of halogens is 1. The SMILES string of the molecule is Nc1cccc(C(=O)N2CCCC2c2cccc(Br)c2)c1. The van der Waals surface area contributed by atoms with E-state index < -0.39 is 0 Å². The molecule has 3 nitrogen and oxygen atoms in total. The van der Waals surface area contributed by atoms with Crippen LogP contribution in [0.25, 0.3) is 0 Å². The molecule has 2 aromatic rings. The van der Waals surface area contributed by atoms with Crippen molar-refractivity contribution in [3.05, 3.63) is 64.1 Å². The van der Waals surface area contributed by atoms with E-state index in [1.54, 1.807) is 12.1 Å². The molecule has 2 N–H and O–H groups in total. The van der Waals surface area contributed by atoms with Crippen LogP contribution in [0.15, 0.2) is 53.0 Å². The second-order valence-electron chi connectivity index (χ2n) is 5.34. The molecule has 1 unspecified atom stereocenters. The maximum atomic E-state index is 12.7. The molecule has 0 saturated carbocycles. The molecule has 1 aliphatic heterocycles. The van der Waals surface area contributed by atoms with Gasteiger partial charge in [0.15, 0.2) is 0 Å². The fraction of sp³-hybridized carbons (Fsp3) is 0.235. The summed E-state index contributed by atoms with van der Waals surface area (Å²) in [6.07, 6.45) is 2.04. The van der Waals surface area contributed by atoms with Gasteiger partial charge in [0.2, 0.25) is 0 Å². The van der Waals surface area contributed by atoms with Crippen LogP contribution in [0, 0.1) is 0 Å². The first-order valence-electron chi connectivity index (χ1n) is 7.07. The van der Waals surface area contributed by atoms with Crippen molar-refractivity contribution >= 4 is 27.5 Å². The third kappa shape index (κ3) is 2.95. The Bertz CT molecular complexity index is 671. The number of nitrogens with two attached hydrogens (primary N) is 1. The van der Waals surface area contributed by atoms with Crippen molar-refractivity contribution in [1.29, 1.82) is 0 Å². The van der Waals surface area contributed by atoms with Crippen LogP contribution >= 0.6 is 15.9 Å². The van der Waals surface area contributed by atoms with E-state index in [-0.39, 0.29) is 11.9 Å². The number of benzene rings is 2. The summed E-state index contributed by atoms with van der Waals surface area (Å²) in [5, 5.41) is 0. The van der Waals surface area contributed by atoms with Crippen LogP contribution in [0.4, 0.5) is 5.69 Å². The normalized spacial score (nSPS) is 18.0. The van der Waals surface area contributed by atoms with Crippen LogP contribution in [0.3, 0.4) is 0 Å². The van der Waals surface area contributed by atoms with E-state index in [1.165, 1.54) is 5.56 Å². The van der Waals surface area contributed by atoms with E-state index in [9.17, 15) is 4.79 Å². The average molecular weight is 345 g/mol. The number of amides is 1. The van der Waals surface area contributed by atoms with Gasteiger partial charge in [-0.05, 0) is 48.7 Å². The van der Waals surface area contributed by atoms with Gasteiger partial charge in [0, 0.05) is 22.3 Å². The van der Waals surface area contributed by atoms with Gasteiger partial charge >= 0.3 is 0 Å². The molecule has 0 bridgehead atoms. The lowest BCUT2D eigenvalue weighted by molar-refractivity contribution is 0.0735. The Morgan fingerprint density at radius 3 is 2.76 bits per heavy atom. The molecule has 3 rings (SSSR count). The minimum absolute atomic E-state index is 0.0600. The number of nitrogens with zero attached hydrogens (tertiary/aromatic N) is 1. The van der Waals surface area contributed by atoms with Gasteiger partial charge < -0.3 is 10.6 Å². The number of hydrogen-bond donors (Lipinski definition) is 1. The quantitative estimate of drug-likeness (QED) is 0.836. The Morgan fingerprint density at radius 2 is 2.00 bits per heavy atom. The Kier molecular flexibility index (Phi) is 3.97. The highest BCUT2D eigenvalue weighted by Crippen LogP contribution is 2.34. The summed E-state index contributed by atoms with van der Waals surface area (Å²) in [5.41, 5.74) is 8.25. The Balaban J connectivity index is 1.89. The van der Waals surface area contributed by atoms with Crippen molar-refractivity contribution in [3.63, 3.8) is 0 Å². The van der Waals surface area contributed by atoms with Gasteiger partial charge in [-0.2, -0.15) is 0 Å². The van der Waals surface area contributed by atoms with Crippen LogP contribution in [0.5, 0.6) is 0 Å². The third-order valence-corrected chi connectivity index (χ3v) is 4.37. The summed E-state index contributed by atoms with van der Waals surface area (Å²) in [6, 6.07) is 15.5. The van der Waals surface area contributed by atoms with Gasteiger partial charge in [-0.25, -0.2) is 0 Å². The number of nitrogen functional groups attached to an aromatic ring is 1. The van der Waals surface area contributed by atoms with Crippen molar-refractivity contribution in [1.82, 2.24) is 4.90 Å². The molecule has 1 saturated heterocycles. The van der Waals surface area contributed by atoms with E-state index in [1.807, 2.05) is 29.2 Å². The van der Waals surface area contributed by atoms with E-state index in [0.717, 1.165) is 23.9 Å². The van der Waals surface area contributed by atoms with Gasteiger partial charge in [-0.15, -0.1) is 0 Å². The molecule has 1 atom stereocenters. The highest BCUT2D eigenvalue weighted by Gasteiger charge is 2.30. The fourth-order valence-corrected chi connectivity index (χ4v) is 3.32. The molecule has 1 fully saturated rings. The molecule has 0 radical (unpaired) electrons. The maximum Gasteiger partial charge on any atom is 0.254 e. The molecule has 21 heavy (non-hydrogen) atoms. The van der Waals surface area contributed by atoms with Crippen molar-refractivity contribution in [2.75, 3.05) is 12.3 Å². The number of anilines is 1. The Morgan fingerprint density at radius 1 is 1.19 bits per heavy atom. The fourth-order valence-electron chi connectivity index (χ4n) is 2.91. The van der Waals surface area contributed by atoms with Crippen molar-refractivity contribution in [3.8, 4) is 0 Å². The van der Waals surface area contributed by atoms with Crippen LogP contribution in [0.2, 0.25) is 0 Å². The summed E-state index contributed by atoms with van der Waals surface area (Å²) in [4.78, 5) is 14.7. The zero-order chi connectivity index (χ0) is 14.8. The molecular weight excluding hydrogens is 328 g/mol. The average Bonchev–Trinajstić information content (AvgIpc) is 2.96. The predicted molar refractivity (Wildman–Crippen MR) is 88.0 cm³/mol. The van der Waals surface area contributed by atoms with Gasteiger partial charge in [0.25, 0.3) is 5.91 Å². The monoisotopic (exact) mass is 344 g/mol. The van der Waals surface area contributed by atoms with Crippen molar-refractivity contribution in [2.24, 2.45) is 0 Å². The van der Waals surface area contributed by atoms with Crippen LogP contribution in [-0.4, -0.2) is 17.4 Å². The molecule has 1 heterocycles. The lowest BCUT2D eigenvalue weighted by Crippen LogP contribution is -2.30. The molecule has 108 valence electrons. The first-order chi connectivity index (χ1) is 10.1. The van der Waals surface area contributed by atoms with E-state index in [0.29, 0.717) is 11.3 Å². The van der Waals surface area contributed by atoms with E-state index in [2.05, 4.69) is 28.1 Å². The molecule has 4 heteroatoms. The number of carbonyl (C=O) groups excluding carboxylic acids is 1. The Labute approximate surface area is 132 Å². The summed E-state index contributed by atoms with van der Waals surface area (Å²) < 4.78 is 1.04. The van der Waals surface area contributed by atoms with Crippen molar-refractivity contribution < 1.29 is 4.79 Å². The zero-order valence-electron chi connectivity index (χ0n) is 11.6. The molecule has 0 aliphatic carbocycles. The topological polar surface area (TPSA) is 46.3 Å². The summed E-state index contributed by atoms with van der Waals surface area (Å²) >= 11 is 3.50. The summed E-state index contributed by atoms with van der Waals surface area (Å²) in [6.45, 7) is 0.796. The standard InChI is InChI=1S/C17H17BrN2O/c18-14-6-1-4-12(10-14)16-8-3-9-20(16)17(21)13-5-2-7-15(19)11-13/h1-2,4-7,10-11,16H,3,8-9,19H2. The molecule has 1 aliphatic rings. The maximum absolute atomic E-state index is 12.7. The highest BCUT2D eigenvalue weighted by molar-refractivity contribution is 9.10. The van der Waals surface area contributed by atoms with E-state index in [4.69, 9.17) is 5.73 Å². The first kappa shape index (κ1) is 14.1. The summed E-state index contributed by atoms with van der Waals surface area (Å²) in [5.74, 6) is 0.0600. The molecular formula is C17H17BrN2O. The number of hydrogen-bond acceptors (Lipinski definition) is 2. The lowest BCUT2D eigenvalue weighted by atomic mass is 10.0. The molecule has 2 aromatic carbocycles. The predicted octanol–water partition coefficient (Wildman–Crippen LogP) is 4.01. The van der Waals surface area contributed by atoms with Crippen LogP contribution < -0.4 is 5.73 Å². The first-order valence-corrected chi connectivity index (χ1v) is 7.86. The van der Waals surface area contributed by atoms with Gasteiger partial charge in [-0.1, -0.05) is 34.1 Å². The smallest absolute Gasteiger partial charge is 0.254 e. The van der Waals surface area contributed by atoms with Gasteiger partial charge in [-0.3, -0.25) is 4.79 Å². The minimum Gasteiger partial charge on any atom is -0.399 e. The van der Waals surface area contributed by atoms with Gasteiger partial charge in [0.05, 0.1) is 6.04 Å². The number of carbonyl (C=O) groups is 1. The molecule has 1 amide bonds. The zero-order valence-corrected chi connectivity index (χ0v) is 13.2. The largest absolute Gasteiger partial charge is 0.399 e. The van der Waals surface area contributed by atoms with Gasteiger partial charge in [0.1, 0.15) is 0 Å². The van der Waals surface area contributed by atoms with E-state index >= 15 is 0 Å². The summed E-state index contributed by atoms with van der Waals surface area (Å²) in [7, 11) is 0. The van der Waals surface area contributed by atoms with Crippen LogP contribution in [-0.2, 0) is 0 Å². The Hall–Kier alpha value is -1.81. The third-order valence-electron chi connectivity index (χ3n) is 3.88. The lowest BCUT2D eigenvalue weighted by Gasteiger charge is -2.25. The number of likely N-dealkylation sites (tertiary alicyclic amines) is 1. The molecule has 0 spiro atoms. The minimum atomic E-state index is 0.0600. The van der Waals surface area contributed by atoms with Crippen LogP contribution in [0.1, 0.15) is 34.8 Å². The second-order valence-corrected chi connectivity index (χ2v) is 6.25.